The smallest absolute Gasteiger partial charge is 0.354 e. The second-order valence-electron chi connectivity index (χ2n) is 14.7. The van der Waals surface area contributed by atoms with Gasteiger partial charge in [-0.15, -0.1) is 0 Å². The molecule has 5 heterocycles. The van der Waals surface area contributed by atoms with Gasteiger partial charge in [0.25, 0.3) is 0 Å². The van der Waals surface area contributed by atoms with E-state index in [4.69, 9.17) is 0 Å². The van der Waals surface area contributed by atoms with Crippen LogP contribution in [0.15, 0.2) is 24.3 Å². The highest BCUT2D eigenvalue weighted by atomic mass is 19.4. The second-order valence-corrected chi connectivity index (χ2v) is 14.7. The molecule has 72 heavy (non-hydrogen) atoms. The SMILES string of the molecule is Fc1c(F)c(F)c(-c2c3nc(c4[nH]c(c(C(F)(F)F)c4C(F)(F)F)c(-c4c(F)c(F)c(F)c(F)c4F)c4ccc([nH]4)c(-c4c(F)c(F)c(F)c(F)c4F)c4ccc2[nH]4)C(C(F)(F)F)=C3C(F)(F)F)c(F)c1F. The maximum atomic E-state index is 15.8. The van der Waals surface area contributed by atoms with Gasteiger partial charge in [-0.2, -0.15) is 52.7 Å². The van der Waals surface area contributed by atoms with Crippen LogP contribution in [0.3, 0.4) is 0 Å². The second kappa shape index (κ2) is 16.3. The number of allylic oxidation sites excluding steroid dienone is 2. The lowest BCUT2D eigenvalue weighted by Gasteiger charge is -2.17. The summed E-state index contributed by atoms with van der Waals surface area (Å²) in [6.07, 6.45) is -27.8. The average Bonchev–Trinajstić information content (AvgIpc) is 4.11. The fraction of sp³-hybridized carbons (Fsp3) is 0.0976. The molecule has 8 rings (SSSR count). The van der Waals surface area contributed by atoms with Gasteiger partial charge in [0.2, 0.25) is 17.5 Å². The quantitative estimate of drug-likeness (QED) is 0.0922. The molecule has 380 valence electrons. The van der Waals surface area contributed by atoms with E-state index in [1.165, 1.54) is 0 Å². The molecule has 0 saturated heterocycles. The average molecular weight is 1070 g/mol. The Morgan fingerprint density at radius 2 is 0.528 bits per heavy atom. The maximum Gasteiger partial charge on any atom is 0.419 e. The van der Waals surface area contributed by atoms with Gasteiger partial charge in [-0.1, -0.05) is 0 Å². The number of nitrogens with zero attached hydrogens (tertiary/aromatic N) is 1. The minimum absolute atomic E-state index is 0.00739. The zero-order valence-electron chi connectivity index (χ0n) is 33.0. The molecule has 31 heteroatoms. The molecule has 0 fully saturated rings. The maximum absolute atomic E-state index is 15.8. The van der Waals surface area contributed by atoms with Crippen molar-refractivity contribution >= 4 is 44.2 Å². The van der Waals surface area contributed by atoms with Crippen molar-refractivity contribution in [2.75, 3.05) is 0 Å². The molecule has 3 aromatic carbocycles. The van der Waals surface area contributed by atoms with Crippen LogP contribution in [0.5, 0.6) is 0 Å². The lowest BCUT2D eigenvalue weighted by molar-refractivity contribution is -0.159. The topological polar surface area (TPSA) is 60.3 Å². The molecule has 0 spiro atoms. The molecule has 0 atom stereocenters. The Morgan fingerprint density at radius 3 is 0.861 bits per heavy atom. The fourth-order valence-corrected chi connectivity index (χ4v) is 7.84. The Hall–Kier alpha value is -7.50. The van der Waals surface area contributed by atoms with Gasteiger partial charge in [-0.25, -0.2) is 70.8 Å². The normalized spacial score (nSPS) is 13.4. The van der Waals surface area contributed by atoms with Crippen molar-refractivity contribution < 1.29 is 119 Å². The Labute approximate surface area is 375 Å². The Morgan fingerprint density at radius 1 is 0.264 bits per heavy atom. The third kappa shape index (κ3) is 7.42. The Balaban J connectivity index is 1.88. The number of benzene rings is 3. The van der Waals surface area contributed by atoms with E-state index in [0.29, 0.717) is 0 Å². The number of nitrogens with one attached hydrogen (secondary N) is 3. The third-order valence-corrected chi connectivity index (χ3v) is 10.6. The molecule has 0 saturated carbocycles. The molecule has 4 aromatic heterocycles. The summed E-state index contributed by atoms with van der Waals surface area (Å²) in [6, 6.07) is 0.198. The summed E-state index contributed by atoms with van der Waals surface area (Å²) in [5.74, 6) is -47.1. The molecule has 0 aliphatic carbocycles. The molecular weight excluding hydrogens is 1060 g/mol. The summed E-state index contributed by atoms with van der Waals surface area (Å²) in [5, 5.41) is 0. The van der Waals surface area contributed by atoms with Gasteiger partial charge in [0, 0.05) is 38.8 Å². The van der Waals surface area contributed by atoms with Crippen LogP contribution in [0.2, 0.25) is 0 Å². The summed E-state index contributed by atoms with van der Waals surface area (Å²) in [5.41, 5.74) is -48.3. The number of hydrogen-bond acceptors (Lipinski definition) is 1. The third-order valence-electron chi connectivity index (χ3n) is 10.6. The monoisotopic (exact) mass is 1070 g/mol. The van der Waals surface area contributed by atoms with Crippen molar-refractivity contribution in [2.45, 2.75) is 24.7 Å². The van der Waals surface area contributed by atoms with Gasteiger partial charge < -0.3 is 15.0 Å². The Kier molecular flexibility index (Phi) is 11.5. The zero-order chi connectivity index (χ0) is 53.7. The number of rotatable bonds is 3. The summed E-state index contributed by atoms with van der Waals surface area (Å²) in [6.45, 7) is 0. The van der Waals surface area contributed by atoms with Crippen molar-refractivity contribution in [1.29, 1.82) is 0 Å². The summed E-state index contributed by atoms with van der Waals surface area (Å²) in [4.78, 5) is 6.87. The van der Waals surface area contributed by atoms with Crippen LogP contribution in [0.25, 0.3) is 77.6 Å². The van der Waals surface area contributed by atoms with Gasteiger partial charge in [-0.05, 0) is 24.3 Å². The lowest BCUT2D eigenvalue weighted by Crippen LogP contribution is -2.19. The predicted octanol–water partition coefficient (Wildman–Crippen LogP) is 15.7. The van der Waals surface area contributed by atoms with Crippen molar-refractivity contribution in [2.24, 2.45) is 0 Å². The van der Waals surface area contributed by atoms with E-state index < -0.39 is 212 Å². The molecule has 1 aliphatic heterocycles. The van der Waals surface area contributed by atoms with Crippen molar-refractivity contribution in [3.63, 3.8) is 0 Å². The number of aromatic nitrogens is 4. The number of alkyl halides is 12. The minimum atomic E-state index is -6.99. The first-order valence-electron chi connectivity index (χ1n) is 18.4. The summed E-state index contributed by atoms with van der Waals surface area (Å²) >= 11 is 0. The largest absolute Gasteiger partial charge is 0.419 e. The molecule has 0 radical (unpaired) electrons. The first-order chi connectivity index (χ1) is 33.0. The number of hydrogen-bond donors (Lipinski definition) is 3. The van der Waals surface area contributed by atoms with Crippen molar-refractivity contribution in [3.8, 4) is 33.4 Å². The minimum Gasteiger partial charge on any atom is -0.354 e. The molecule has 1 aliphatic rings. The first-order valence-corrected chi connectivity index (χ1v) is 18.4. The Bertz CT molecular complexity index is 3600. The summed E-state index contributed by atoms with van der Waals surface area (Å²) < 4.78 is 411. The molecule has 3 N–H and O–H groups in total. The van der Waals surface area contributed by atoms with Gasteiger partial charge >= 0.3 is 24.7 Å². The van der Waals surface area contributed by atoms with Crippen LogP contribution >= 0.6 is 0 Å². The van der Waals surface area contributed by atoms with E-state index in [2.05, 4.69) is 4.98 Å². The molecule has 0 unspecified atom stereocenters. The predicted molar refractivity (Wildman–Crippen MR) is 191 cm³/mol. The van der Waals surface area contributed by atoms with E-state index in [1.807, 2.05) is 0 Å². The van der Waals surface area contributed by atoms with Crippen LogP contribution in [0.4, 0.5) is 119 Å². The van der Waals surface area contributed by atoms with Crippen LogP contribution in [0, 0.1) is 87.3 Å². The van der Waals surface area contributed by atoms with Gasteiger partial charge in [-0.3, -0.25) is 0 Å². The molecule has 8 bridgehead atoms. The van der Waals surface area contributed by atoms with E-state index in [-0.39, 0.29) is 24.3 Å². The standard InChI is InChI=1S/C41H7F27N4/c42-19-12(20(43)26(49)31(54)25(19)48)9-5-1-3-7(69-5)10(13-21(44)27(50)32(55)28(51)22(13)45)34-15(38(57,58)59)17(40(63,64)65)36(71-34)37-18(41(66,67)68)16(39(60,61)62)35(72-37)11(8-4-2-6(9)70-8)14-23(46)29(52)33(56)30(53)24(14)47/h1-4,69-71H. The first kappa shape index (κ1) is 50.9. The van der Waals surface area contributed by atoms with Gasteiger partial charge in [0.1, 0.15) is 5.69 Å². The molecule has 4 nitrogen and oxygen atoms in total. The molecular formula is C41H7F27N4. The van der Waals surface area contributed by atoms with E-state index in [0.717, 1.165) is 4.98 Å². The highest BCUT2D eigenvalue weighted by Gasteiger charge is 2.55. The lowest BCUT2D eigenvalue weighted by atomic mass is 9.95. The van der Waals surface area contributed by atoms with Crippen molar-refractivity contribution in [1.82, 2.24) is 19.9 Å². The van der Waals surface area contributed by atoms with E-state index in [9.17, 15) is 39.5 Å². The van der Waals surface area contributed by atoms with Gasteiger partial charge in [0.15, 0.2) is 69.8 Å². The van der Waals surface area contributed by atoms with Crippen LogP contribution < -0.4 is 0 Å². The van der Waals surface area contributed by atoms with Crippen molar-refractivity contribution in [3.05, 3.63) is 134 Å². The van der Waals surface area contributed by atoms with Crippen LogP contribution in [0.1, 0.15) is 22.5 Å². The highest BCUT2D eigenvalue weighted by molar-refractivity contribution is 6.08. The number of halogens is 27. The highest BCUT2D eigenvalue weighted by Crippen LogP contribution is 2.56. The zero-order valence-corrected chi connectivity index (χ0v) is 33.0. The number of fused-ring (bicyclic) bond motifs is 9. The van der Waals surface area contributed by atoms with E-state index >= 15 is 79.0 Å². The van der Waals surface area contributed by atoms with Crippen LogP contribution in [-0.2, 0) is 12.4 Å². The molecule has 7 aromatic rings. The molecule has 0 amide bonds. The fourth-order valence-electron chi connectivity index (χ4n) is 7.84. The number of H-pyrrole nitrogens is 3. The van der Waals surface area contributed by atoms with Crippen LogP contribution in [-0.4, -0.2) is 32.3 Å². The number of aromatic amines is 3. The van der Waals surface area contributed by atoms with E-state index in [1.54, 1.807) is 9.97 Å². The summed E-state index contributed by atoms with van der Waals surface area (Å²) in [7, 11) is 0. The van der Waals surface area contributed by atoms with Gasteiger partial charge in [0.05, 0.1) is 55.7 Å².